The molecule has 5 rings (SSSR count). The molecule has 184 valence electrons. The molecule has 1 aliphatic carbocycles. The molecular formula is C24H24ClF2N5O3. The number of rotatable bonds is 5. The molecule has 3 N–H and O–H groups in total. The minimum Gasteiger partial charge on any atom is -0.356 e. The van der Waals surface area contributed by atoms with Crippen molar-refractivity contribution < 1.29 is 23.2 Å². The van der Waals surface area contributed by atoms with Crippen LogP contribution < -0.4 is 10.6 Å². The summed E-state index contributed by atoms with van der Waals surface area (Å²) in [4.78, 5) is 42.9. The van der Waals surface area contributed by atoms with Gasteiger partial charge in [-0.2, -0.15) is 5.26 Å². The van der Waals surface area contributed by atoms with Crippen LogP contribution in [0.1, 0.15) is 42.6 Å². The summed E-state index contributed by atoms with van der Waals surface area (Å²) in [6, 6.07) is 6.90. The number of amides is 3. The largest absolute Gasteiger partial charge is 0.356 e. The summed E-state index contributed by atoms with van der Waals surface area (Å²) in [6.45, 7) is 0.538. The molecule has 1 spiro atoms. The fourth-order valence-corrected chi connectivity index (χ4v) is 5.99. The molecule has 3 fully saturated rings. The average Bonchev–Trinajstić information content (AvgIpc) is 3.50. The molecule has 8 nitrogen and oxygen atoms in total. The van der Waals surface area contributed by atoms with Crippen LogP contribution in [-0.4, -0.2) is 58.7 Å². The van der Waals surface area contributed by atoms with Crippen LogP contribution in [0.2, 0.25) is 5.02 Å². The number of hydrogen-bond acceptors (Lipinski definition) is 4. The molecule has 35 heavy (non-hydrogen) atoms. The number of para-hydroxylation sites is 1. The molecule has 0 radical (unpaired) electrons. The van der Waals surface area contributed by atoms with Crippen LogP contribution in [0.4, 0.5) is 8.78 Å². The van der Waals surface area contributed by atoms with Crippen molar-refractivity contribution in [3.8, 4) is 6.07 Å². The zero-order valence-corrected chi connectivity index (χ0v) is 19.5. The van der Waals surface area contributed by atoms with Crippen molar-refractivity contribution in [1.29, 1.82) is 5.26 Å². The zero-order chi connectivity index (χ0) is 25.0. The first kappa shape index (κ1) is 23.5. The van der Waals surface area contributed by atoms with Gasteiger partial charge in [-0.05, 0) is 31.4 Å². The van der Waals surface area contributed by atoms with Crippen LogP contribution in [0.25, 0.3) is 10.9 Å². The maximum absolute atomic E-state index is 13.8. The Kier molecular flexibility index (Phi) is 5.71. The zero-order valence-electron chi connectivity index (χ0n) is 18.7. The highest BCUT2D eigenvalue weighted by molar-refractivity contribution is 6.35. The number of aromatic nitrogens is 1. The van der Waals surface area contributed by atoms with Gasteiger partial charge in [-0.3, -0.25) is 14.4 Å². The molecule has 2 aromatic rings. The van der Waals surface area contributed by atoms with Gasteiger partial charge in [0, 0.05) is 42.7 Å². The molecule has 3 heterocycles. The van der Waals surface area contributed by atoms with Crippen molar-refractivity contribution in [2.45, 2.75) is 50.1 Å². The number of nitrogens with one attached hydrogen (secondary N) is 3. The molecule has 3 aliphatic rings. The van der Waals surface area contributed by atoms with E-state index < -0.39 is 48.1 Å². The van der Waals surface area contributed by atoms with Gasteiger partial charge in [-0.1, -0.05) is 23.7 Å². The van der Waals surface area contributed by atoms with Gasteiger partial charge in [0.1, 0.15) is 17.8 Å². The molecule has 2 saturated heterocycles. The number of benzene rings is 1. The number of nitrogens with zero attached hydrogens (tertiary/aromatic N) is 2. The van der Waals surface area contributed by atoms with Crippen LogP contribution >= 0.6 is 11.6 Å². The third-order valence-electron chi connectivity index (χ3n) is 7.33. The van der Waals surface area contributed by atoms with Crippen LogP contribution in [-0.2, 0) is 9.59 Å². The van der Waals surface area contributed by atoms with Gasteiger partial charge < -0.3 is 20.5 Å². The maximum atomic E-state index is 13.8. The van der Waals surface area contributed by atoms with E-state index in [0.717, 1.165) is 0 Å². The van der Waals surface area contributed by atoms with Crippen LogP contribution in [0.3, 0.4) is 0 Å². The number of carbonyl (C=O) groups excluding carboxylic acids is 3. The minimum atomic E-state index is -2.82. The third kappa shape index (κ3) is 4.33. The smallest absolute Gasteiger partial charge is 0.271 e. The Hall–Kier alpha value is -3.19. The number of alkyl halides is 2. The van der Waals surface area contributed by atoms with Crippen LogP contribution in [0.5, 0.6) is 0 Å². The van der Waals surface area contributed by atoms with Gasteiger partial charge in [0.15, 0.2) is 0 Å². The molecule has 3 atom stereocenters. The second-order valence-corrected chi connectivity index (χ2v) is 10.4. The minimum absolute atomic E-state index is 0.0187. The summed E-state index contributed by atoms with van der Waals surface area (Å²) in [5.41, 5.74) is -0.0753. The number of fused-ring (bicyclic) bond motifs is 1. The Morgan fingerprint density at radius 3 is 2.74 bits per heavy atom. The first-order valence-electron chi connectivity index (χ1n) is 11.5. The monoisotopic (exact) mass is 503 g/mol. The highest BCUT2D eigenvalue weighted by atomic mass is 35.5. The number of hydrogen-bond donors (Lipinski definition) is 3. The molecule has 2 aliphatic heterocycles. The molecule has 1 aromatic carbocycles. The highest BCUT2D eigenvalue weighted by Gasteiger charge is 2.62. The first-order chi connectivity index (χ1) is 16.6. The third-order valence-corrected chi connectivity index (χ3v) is 7.65. The summed E-state index contributed by atoms with van der Waals surface area (Å²) in [5, 5.41) is 16.0. The molecule has 3 amide bonds. The summed E-state index contributed by atoms with van der Waals surface area (Å²) in [5.74, 6) is -4.43. The lowest BCUT2D eigenvalue weighted by Gasteiger charge is -2.44. The lowest BCUT2D eigenvalue weighted by atomic mass is 9.65. The van der Waals surface area contributed by atoms with E-state index in [1.54, 1.807) is 24.3 Å². The van der Waals surface area contributed by atoms with Crippen molar-refractivity contribution in [3.05, 3.63) is 35.0 Å². The van der Waals surface area contributed by atoms with Crippen molar-refractivity contribution >= 4 is 40.2 Å². The van der Waals surface area contributed by atoms with Crippen molar-refractivity contribution in [3.63, 3.8) is 0 Å². The molecule has 0 bridgehead atoms. The normalized spacial score (nSPS) is 25.2. The van der Waals surface area contributed by atoms with Gasteiger partial charge in [0.2, 0.25) is 17.7 Å². The van der Waals surface area contributed by atoms with E-state index >= 15 is 0 Å². The number of carbonyl (C=O) groups is 3. The molecular weight excluding hydrogens is 480 g/mol. The highest BCUT2D eigenvalue weighted by Crippen LogP contribution is 2.58. The van der Waals surface area contributed by atoms with Gasteiger partial charge in [-0.15, -0.1) is 0 Å². The van der Waals surface area contributed by atoms with Gasteiger partial charge in [-0.25, -0.2) is 8.78 Å². The van der Waals surface area contributed by atoms with Crippen LogP contribution in [0, 0.1) is 22.7 Å². The number of halogens is 3. The van der Waals surface area contributed by atoms with E-state index in [9.17, 15) is 28.4 Å². The Labute approximate surface area is 205 Å². The summed E-state index contributed by atoms with van der Waals surface area (Å²) in [7, 11) is 0. The second-order valence-electron chi connectivity index (χ2n) is 9.95. The van der Waals surface area contributed by atoms with E-state index in [4.69, 9.17) is 11.6 Å². The lowest BCUT2D eigenvalue weighted by Crippen LogP contribution is -2.49. The predicted octanol–water partition coefficient (Wildman–Crippen LogP) is 2.99. The fraction of sp³-hybridized carbons (Fsp3) is 0.500. The van der Waals surface area contributed by atoms with Crippen molar-refractivity contribution in [2.24, 2.45) is 11.3 Å². The summed E-state index contributed by atoms with van der Waals surface area (Å²) < 4.78 is 27.6. The van der Waals surface area contributed by atoms with Crippen molar-refractivity contribution in [2.75, 3.05) is 13.1 Å². The maximum Gasteiger partial charge on any atom is 0.271 e. The van der Waals surface area contributed by atoms with E-state index in [2.05, 4.69) is 15.6 Å². The molecule has 11 heteroatoms. The molecule has 1 aromatic heterocycles. The Morgan fingerprint density at radius 1 is 1.34 bits per heavy atom. The fourth-order valence-electron chi connectivity index (χ4n) is 5.76. The van der Waals surface area contributed by atoms with E-state index in [1.165, 1.54) is 4.90 Å². The topological polar surface area (TPSA) is 118 Å². The lowest BCUT2D eigenvalue weighted by molar-refractivity contribution is -0.155. The Bertz CT molecular complexity index is 1250. The average molecular weight is 504 g/mol. The summed E-state index contributed by atoms with van der Waals surface area (Å²) >= 11 is 6.21. The summed E-state index contributed by atoms with van der Waals surface area (Å²) in [6.07, 6.45) is 0.0236. The van der Waals surface area contributed by atoms with Crippen molar-refractivity contribution in [1.82, 2.24) is 20.5 Å². The van der Waals surface area contributed by atoms with Crippen LogP contribution in [0.15, 0.2) is 24.3 Å². The number of nitriles is 1. The number of H-pyrrole nitrogens is 1. The number of likely N-dealkylation sites (tertiary alicyclic amines) is 1. The van der Waals surface area contributed by atoms with Gasteiger partial charge >= 0.3 is 0 Å². The Balaban J connectivity index is 1.38. The predicted molar refractivity (Wildman–Crippen MR) is 123 cm³/mol. The van der Waals surface area contributed by atoms with Gasteiger partial charge in [0.25, 0.3) is 5.91 Å². The van der Waals surface area contributed by atoms with Gasteiger partial charge in [0.05, 0.1) is 16.6 Å². The molecule has 3 unspecified atom stereocenters. The first-order valence-corrected chi connectivity index (χ1v) is 11.9. The van der Waals surface area contributed by atoms with E-state index in [0.29, 0.717) is 28.9 Å². The SMILES string of the molecule is N#CC(CC1CCNC1=O)NC(=O)C1CC2(CN1C(=O)c1cc3cccc(Cl)c3[nH]1)CC(F)(F)C2. The molecule has 1 saturated carbocycles. The second kappa shape index (κ2) is 8.48. The quantitative estimate of drug-likeness (QED) is 0.581. The number of aromatic amines is 1. The Morgan fingerprint density at radius 2 is 2.11 bits per heavy atom. The van der Waals surface area contributed by atoms with E-state index in [-0.39, 0.29) is 36.9 Å². The standard InChI is InChI=1S/C24H24ClF2N5O3/c25-16-3-1-2-13-7-17(31-19(13)16)22(35)32-12-23(10-24(26,27)11-23)8-18(32)21(34)30-15(9-28)6-14-4-5-29-20(14)33/h1-3,7,14-15,18,31H,4-6,8,10-12H2,(H,29,33)(H,30,34). The van der Waals surface area contributed by atoms with E-state index in [1.807, 2.05) is 6.07 Å².